The lowest BCUT2D eigenvalue weighted by atomic mass is 9.78. The Morgan fingerprint density at radius 1 is 1.13 bits per heavy atom. The van der Waals surface area contributed by atoms with Gasteiger partial charge in [-0.1, -0.05) is 51.1 Å². The Balaban J connectivity index is 1.52. The maximum Gasteiger partial charge on any atom is 0.408 e. The zero-order valence-corrected chi connectivity index (χ0v) is 33.2. The first-order chi connectivity index (χ1) is 25.5. The summed E-state index contributed by atoms with van der Waals surface area (Å²) in [6, 6.07) is 8.60. The molecule has 13 nitrogen and oxygen atoms in total. The molecule has 3 aliphatic rings. The van der Waals surface area contributed by atoms with Crippen LogP contribution in [0.25, 0.3) is 17.0 Å². The molecule has 4 N–H and O–H groups in total. The van der Waals surface area contributed by atoms with E-state index in [0.29, 0.717) is 25.8 Å². The highest BCUT2D eigenvalue weighted by Gasteiger charge is 2.56. The molecule has 13 heteroatoms. The van der Waals surface area contributed by atoms with E-state index in [1.165, 1.54) is 6.92 Å². The molecule has 0 aliphatic carbocycles. The van der Waals surface area contributed by atoms with Crippen LogP contribution < -0.4 is 11.1 Å². The van der Waals surface area contributed by atoms with Gasteiger partial charge in [0.05, 0.1) is 36.0 Å². The van der Waals surface area contributed by atoms with Crippen LogP contribution in [0.15, 0.2) is 42.6 Å². The van der Waals surface area contributed by atoms with Gasteiger partial charge in [-0.3, -0.25) is 14.6 Å². The average molecular weight is 753 g/mol. The first kappa shape index (κ1) is 41.7. The molecule has 0 saturated carbocycles. The van der Waals surface area contributed by atoms with Crippen molar-refractivity contribution in [1.82, 2.24) is 15.2 Å². The summed E-state index contributed by atoms with van der Waals surface area (Å²) in [6.07, 6.45) is 1.86. The number of carbonyl (C=O) groups excluding carboxylic acids is 3. The van der Waals surface area contributed by atoms with Crippen LogP contribution >= 0.6 is 0 Å². The van der Waals surface area contributed by atoms with Gasteiger partial charge in [-0.05, 0) is 84.5 Å². The van der Waals surface area contributed by atoms with Gasteiger partial charge in [0.1, 0.15) is 18.1 Å². The fourth-order valence-electron chi connectivity index (χ4n) is 8.60. The SMILES string of the molecule is CC[C@H]1OC(=O)C(C)C(=O)[C@H](C)C(O[C@@H]2O[C@H](C)CC(N)C2O)[C@](C)(OC/C=C/c2cnc3ccccc3c2)C[C@@H](C)CN(C)[C@H](C)[C@H]2NC(=O)O[C@@]21C. The number of rotatable bonds is 7. The van der Waals surface area contributed by atoms with E-state index in [4.69, 9.17) is 29.4 Å². The van der Waals surface area contributed by atoms with Crippen LogP contribution in [0.1, 0.15) is 80.2 Å². The summed E-state index contributed by atoms with van der Waals surface area (Å²) in [7, 11) is 1.98. The van der Waals surface area contributed by atoms with E-state index in [9.17, 15) is 19.5 Å². The zero-order chi connectivity index (χ0) is 39.5. The molecule has 54 heavy (non-hydrogen) atoms. The molecule has 1 aromatic carbocycles. The van der Waals surface area contributed by atoms with Gasteiger partial charge in [-0.25, -0.2) is 4.79 Å². The number of amides is 1. The number of likely N-dealkylation sites (N-methyl/N-ethyl adjacent to an activating group) is 1. The lowest BCUT2D eigenvalue weighted by Crippen LogP contribution is -2.60. The first-order valence-corrected chi connectivity index (χ1v) is 19.3. The van der Waals surface area contributed by atoms with Crippen LogP contribution in [0.4, 0.5) is 4.79 Å². The minimum atomic E-state index is -1.20. The van der Waals surface area contributed by atoms with E-state index in [0.717, 1.165) is 16.5 Å². The minimum Gasteiger partial charge on any atom is -0.458 e. The number of aliphatic hydroxyl groups excluding tert-OH is 1. The first-order valence-electron chi connectivity index (χ1n) is 19.3. The number of Topliss-reactive ketones (excluding diaryl/α,β-unsaturated/α-hetero) is 1. The Labute approximate surface area is 319 Å². The van der Waals surface area contributed by atoms with Gasteiger partial charge in [0.25, 0.3) is 0 Å². The van der Waals surface area contributed by atoms with Gasteiger partial charge in [-0.15, -0.1) is 0 Å². The van der Waals surface area contributed by atoms with Gasteiger partial charge in [-0.2, -0.15) is 0 Å². The number of alkyl carbamates (subject to hydrolysis) is 1. The number of nitrogens with two attached hydrogens (primary N) is 1. The fraction of sp³-hybridized carbons (Fsp3) is 0.659. The van der Waals surface area contributed by atoms with E-state index < -0.39 is 77.6 Å². The fourth-order valence-corrected chi connectivity index (χ4v) is 8.60. The van der Waals surface area contributed by atoms with Crippen LogP contribution in [-0.4, -0.2) is 113 Å². The van der Waals surface area contributed by atoms with Crippen molar-refractivity contribution < 1.29 is 43.2 Å². The molecular weight excluding hydrogens is 692 g/mol. The topological polar surface area (TPSA) is 172 Å². The molecule has 3 aliphatic heterocycles. The second-order valence-electron chi connectivity index (χ2n) is 16.2. The number of para-hydroxylation sites is 1. The summed E-state index contributed by atoms with van der Waals surface area (Å²) in [5.41, 5.74) is 5.79. The number of nitrogens with zero attached hydrogens (tertiary/aromatic N) is 2. The third-order valence-corrected chi connectivity index (χ3v) is 11.7. The Morgan fingerprint density at radius 3 is 2.57 bits per heavy atom. The third kappa shape index (κ3) is 8.98. The van der Waals surface area contributed by atoms with Gasteiger partial charge in [0, 0.05) is 36.1 Å². The number of hydrogen-bond donors (Lipinski definition) is 3. The van der Waals surface area contributed by atoms with Gasteiger partial charge >= 0.3 is 12.1 Å². The molecule has 2 aromatic rings. The molecule has 4 heterocycles. The summed E-state index contributed by atoms with van der Waals surface area (Å²) in [5.74, 6) is -3.30. The van der Waals surface area contributed by atoms with Crippen molar-refractivity contribution in [3.8, 4) is 0 Å². The van der Waals surface area contributed by atoms with Gasteiger partial charge in [0.15, 0.2) is 17.7 Å². The van der Waals surface area contributed by atoms with Crippen LogP contribution in [0, 0.1) is 17.8 Å². The van der Waals surface area contributed by atoms with Gasteiger partial charge in [0.2, 0.25) is 0 Å². The number of pyridine rings is 1. The number of ether oxygens (including phenoxy) is 5. The molecular formula is C41H60N4O9. The minimum absolute atomic E-state index is 0.0328. The normalized spacial score (nSPS) is 39.0. The Bertz CT molecular complexity index is 1670. The van der Waals surface area contributed by atoms with Crippen LogP contribution in [-0.2, 0) is 33.3 Å². The number of benzene rings is 1. The smallest absolute Gasteiger partial charge is 0.408 e. The van der Waals surface area contributed by atoms with E-state index >= 15 is 0 Å². The number of cyclic esters (lactones) is 1. The van der Waals surface area contributed by atoms with Crippen molar-refractivity contribution in [1.29, 1.82) is 0 Å². The molecule has 0 bridgehead atoms. The number of esters is 1. The number of carbonyl (C=O) groups is 3. The maximum absolute atomic E-state index is 14.4. The summed E-state index contributed by atoms with van der Waals surface area (Å²) >= 11 is 0. The number of ketones is 1. The molecule has 298 valence electrons. The van der Waals surface area contributed by atoms with E-state index in [2.05, 4.69) is 28.2 Å². The summed E-state index contributed by atoms with van der Waals surface area (Å²) < 4.78 is 31.5. The largest absolute Gasteiger partial charge is 0.458 e. The number of aliphatic hydroxyl groups is 1. The van der Waals surface area contributed by atoms with Crippen LogP contribution in [0.5, 0.6) is 0 Å². The predicted octanol–water partition coefficient (Wildman–Crippen LogP) is 4.62. The van der Waals surface area contributed by atoms with Crippen molar-refractivity contribution in [3.63, 3.8) is 0 Å². The molecule has 13 atom stereocenters. The Morgan fingerprint density at radius 2 is 1.85 bits per heavy atom. The van der Waals surface area contributed by atoms with E-state index in [-0.39, 0.29) is 24.7 Å². The highest BCUT2D eigenvalue weighted by Crippen LogP contribution is 2.38. The maximum atomic E-state index is 14.4. The van der Waals surface area contributed by atoms with E-state index in [1.54, 1.807) is 20.0 Å². The van der Waals surface area contributed by atoms with Crippen molar-refractivity contribution in [2.24, 2.45) is 23.5 Å². The average Bonchev–Trinajstić information content (AvgIpc) is 3.45. The summed E-state index contributed by atoms with van der Waals surface area (Å²) in [6.45, 7) is 15.5. The molecule has 3 fully saturated rings. The van der Waals surface area contributed by atoms with Crippen molar-refractivity contribution >= 4 is 34.8 Å². The summed E-state index contributed by atoms with van der Waals surface area (Å²) in [4.78, 5) is 47.7. The third-order valence-electron chi connectivity index (χ3n) is 11.7. The number of nitrogens with one attached hydrogen (secondary N) is 1. The van der Waals surface area contributed by atoms with Crippen molar-refractivity contribution in [2.75, 3.05) is 20.2 Å². The summed E-state index contributed by atoms with van der Waals surface area (Å²) in [5, 5.41) is 15.2. The molecule has 4 unspecified atom stereocenters. The second-order valence-corrected chi connectivity index (χ2v) is 16.2. The number of aromatic nitrogens is 1. The highest BCUT2D eigenvalue weighted by atomic mass is 16.7. The zero-order valence-electron chi connectivity index (χ0n) is 33.2. The van der Waals surface area contributed by atoms with Crippen LogP contribution in [0.2, 0.25) is 0 Å². The second kappa shape index (κ2) is 17.1. The lowest BCUT2D eigenvalue weighted by Gasteiger charge is -2.46. The van der Waals surface area contributed by atoms with Crippen LogP contribution in [0.3, 0.4) is 0 Å². The molecule has 0 radical (unpaired) electrons. The lowest BCUT2D eigenvalue weighted by molar-refractivity contribution is -0.290. The van der Waals surface area contributed by atoms with Crippen molar-refractivity contribution in [2.45, 2.75) is 135 Å². The van der Waals surface area contributed by atoms with E-state index in [1.807, 2.05) is 71.2 Å². The molecule has 1 amide bonds. The molecule has 1 aromatic heterocycles. The molecule has 5 rings (SSSR count). The van der Waals surface area contributed by atoms with Crippen molar-refractivity contribution in [3.05, 3.63) is 48.2 Å². The molecule has 3 saturated heterocycles. The standard InChI is InChI=1S/C41H60N4O9/c1-10-32-41(8)35(44-39(49)54-41)27(6)45(9)22-23(2)20-40(7,50-17-13-14-28-19-29-15-11-12-16-31(29)43-21-28)36(25(4)33(46)26(5)37(48)52-32)53-38-34(47)30(42)18-24(3)51-38/h11-16,19,21,23-27,30,32,34-36,38,47H,10,17-18,20,22,42H2,1-9H3,(H,44,49)/b14-13+/t23-,24-,25+,26?,27-,30?,32-,34?,35-,36?,38+,40-,41-/m1/s1. The Hall–Kier alpha value is -3.46. The molecule has 0 spiro atoms. The predicted molar refractivity (Wildman–Crippen MR) is 204 cm³/mol. The quantitative estimate of drug-likeness (QED) is 0.265. The monoisotopic (exact) mass is 752 g/mol. The van der Waals surface area contributed by atoms with Gasteiger partial charge < -0.3 is 44.7 Å². The highest BCUT2D eigenvalue weighted by molar-refractivity contribution is 6.00. The number of fused-ring (bicyclic) bond motifs is 2. The Kier molecular flexibility index (Phi) is 13.2. The number of hydrogen-bond acceptors (Lipinski definition) is 12.